The van der Waals surface area contributed by atoms with Crippen LogP contribution in [0.15, 0.2) is 36.7 Å². The number of H-pyrrole nitrogens is 1. The van der Waals surface area contributed by atoms with Gasteiger partial charge in [0.25, 0.3) is 0 Å². The van der Waals surface area contributed by atoms with E-state index in [4.69, 9.17) is 4.74 Å². The Kier molecular flexibility index (Phi) is 3.67. The van der Waals surface area contributed by atoms with E-state index in [0.717, 1.165) is 23.3 Å². The first-order valence-electron chi connectivity index (χ1n) is 6.79. The highest BCUT2D eigenvalue weighted by Crippen LogP contribution is 2.23. The minimum Gasteiger partial charge on any atom is -0.491 e. The monoisotopic (exact) mass is 271 g/mol. The molecule has 2 N–H and O–H groups in total. The first kappa shape index (κ1) is 12.7. The van der Waals surface area contributed by atoms with Crippen molar-refractivity contribution in [1.82, 2.24) is 15.5 Å². The number of aromatic nitrogens is 2. The average Bonchev–Trinajstić information content (AvgIpc) is 2.98. The van der Waals surface area contributed by atoms with Crippen molar-refractivity contribution in [2.45, 2.75) is 25.3 Å². The topological polar surface area (TPSA) is 67.0 Å². The fourth-order valence-electron chi connectivity index (χ4n) is 2.39. The molecule has 0 unspecified atom stereocenters. The van der Waals surface area contributed by atoms with Crippen LogP contribution >= 0.6 is 0 Å². The van der Waals surface area contributed by atoms with Crippen LogP contribution in [0.25, 0.3) is 0 Å². The van der Waals surface area contributed by atoms with Gasteiger partial charge in [-0.2, -0.15) is 5.10 Å². The largest absolute Gasteiger partial charge is 0.491 e. The standard InChI is InChI=1S/C15H17N3O2/c19-15(6-5-11-8-16-17-9-11)18-13-7-12-3-1-2-4-14(12)20-10-13/h1-4,8-9,13H,5-7,10H2,(H,16,17)(H,18,19)/t13-/m1/s1. The summed E-state index contributed by atoms with van der Waals surface area (Å²) >= 11 is 0. The van der Waals surface area contributed by atoms with E-state index in [2.05, 4.69) is 15.5 Å². The van der Waals surface area contributed by atoms with Gasteiger partial charge in [0.2, 0.25) is 5.91 Å². The third kappa shape index (κ3) is 2.99. The minimum atomic E-state index is 0.0548. The lowest BCUT2D eigenvalue weighted by Gasteiger charge is -2.26. The van der Waals surface area contributed by atoms with Gasteiger partial charge >= 0.3 is 0 Å². The smallest absolute Gasteiger partial charge is 0.220 e. The molecule has 2 aromatic rings. The van der Waals surface area contributed by atoms with Gasteiger partial charge < -0.3 is 10.1 Å². The molecule has 20 heavy (non-hydrogen) atoms. The molecule has 3 rings (SSSR count). The van der Waals surface area contributed by atoms with E-state index in [1.165, 1.54) is 0 Å². The van der Waals surface area contributed by atoms with Gasteiger partial charge in [-0.1, -0.05) is 18.2 Å². The van der Waals surface area contributed by atoms with Crippen LogP contribution in [0.1, 0.15) is 17.5 Å². The molecule has 0 saturated heterocycles. The van der Waals surface area contributed by atoms with E-state index in [1.54, 1.807) is 6.20 Å². The Hall–Kier alpha value is -2.30. The Morgan fingerprint density at radius 2 is 2.35 bits per heavy atom. The molecule has 1 aliphatic heterocycles. The molecule has 0 aliphatic carbocycles. The lowest BCUT2D eigenvalue weighted by molar-refractivity contribution is -0.122. The Labute approximate surface area is 117 Å². The lowest BCUT2D eigenvalue weighted by atomic mass is 10.0. The fourth-order valence-corrected chi connectivity index (χ4v) is 2.39. The van der Waals surface area contributed by atoms with Crippen molar-refractivity contribution in [1.29, 1.82) is 0 Å². The molecule has 5 nitrogen and oxygen atoms in total. The highest BCUT2D eigenvalue weighted by molar-refractivity contribution is 5.76. The van der Waals surface area contributed by atoms with Crippen LogP contribution in [0.5, 0.6) is 5.75 Å². The number of rotatable bonds is 4. The minimum absolute atomic E-state index is 0.0548. The van der Waals surface area contributed by atoms with E-state index in [-0.39, 0.29) is 11.9 Å². The Balaban J connectivity index is 1.50. The van der Waals surface area contributed by atoms with Crippen molar-refractivity contribution < 1.29 is 9.53 Å². The number of hydrogen-bond acceptors (Lipinski definition) is 3. The van der Waals surface area contributed by atoms with E-state index in [1.807, 2.05) is 30.5 Å². The fraction of sp³-hybridized carbons (Fsp3) is 0.333. The predicted molar refractivity (Wildman–Crippen MR) is 74.5 cm³/mol. The number of nitrogens with one attached hydrogen (secondary N) is 2. The van der Waals surface area contributed by atoms with Crippen LogP contribution < -0.4 is 10.1 Å². The number of amides is 1. The van der Waals surface area contributed by atoms with Crippen molar-refractivity contribution in [3.63, 3.8) is 0 Å². The highest BCUT2D eigenvalue weighted by atomic mass is 16.5. The van der Waals surface area contributed by atoms with Crippen LogP contribution in [0.4, 0.5) is 0 Å². The van der Waals surface area contributed by atoms with Gasteiger partial charge in [0.15, 0.2) is 0 Å². The van der Waals surface area contributed by atoms with Crippen molar-refractivity contribution in [2.24, 2.45) is 0 Å². The molecule has 0 spiro atoms. The van der Waals surface area contributed by atoms with Gasteiger partial charge in [-0.3, -0.25) is 9.89 Å². The summed E-state index contributed by atoms with van der Waals surface area (Å²) in [5.74, 6) is 0.982. The molecule has 1 aliphatic rings. The zero-order chi connectivity index (χ0) is 13.8. The second kappa shape index (κ2) is 5.77. The summed E-state index contributed by atoms with van der Waals surface area (Å²) < 4.78 is 5.66. The number of carbonyl (C=O) groups excluding carboxylic acids is 1. The number of hydrogen-bond donors (Lipinski definition) is 2. The zero-order valence-corrected chi connectivity index (χ0v) is 11.1. The van der Waals surface area contributed by atoms with Crippen molar-refractivity contribution in [2.75, 3.05) is 6.61 Å². The molecule has 0 saturated carbocycles. The third-order valence-electron chi connectivity index (χ3n) is 3.44. The Morgan fingerprint density at radius 1 is 1.45 bits per heavy atom. The average molecular weight is 271 g/mol. The van der Waals surface area contributed by atoms with Gasteiger partial charge in [0.1, 0.15) is 12.4 Å². The molecule has 1 atom stereocenters. The van der Waals surface area contributed by atoms with E-state index < -0.39 is 0 Å². The zero-order valence-electron chi connectivity index (χ0n) is 11.1. The van der Waals surface area contributed by atoms with Gasteiger partial charge in [0, 0.05) is 12.6 Å². The number of para-hydroxylation sites is 1. The first-order chi connectivity index (χ1) is 9.81. The first-order valence-corrected chi connectivity index (χ1v) is 6.79. The Bertz CT molecular complexity index is 581. The molecule has 0 fully saturated rings. The highest BCUT2D eigenvalue weighted by Gasteiger charge is 2.20. The van der Waals surface area contributed by atoms with Crippen LogP contribution in [0, 0.1) is 0 Å². The van der Waals surface area contributed by atoms with Gasteiger partial charge in [-0.25, -0.2) is 0 Å². The third-order valence-corrected chi connectivity index (χ3v) is 3.44. The van der Waals surface area contributed by atoms with E-state index >= 15 is 0 Å². The summed E-state index contributed by atoms with van der Waals surface area (Å²) in [4.78, 5) is 11.9. The molecule has 2 heterocycles. The molecule has 1 aromatic carbocycles. The van der Waals surface area contributed by atoms with Crippen LogP contribution in [0.2, 0.25) is 0 Å². The number of nitrogens with zero attached hydrogens (tertiary/aromatic N) is 1. The van der Waals surface area contributed by atoms with Crippen LogP contribution in [-0.4, -0.2) is 28.8 Å². The van der Waals surface area contributed by atoms with Crippen LogP contribution in [0.3, 0.4) is 0 Å². The summed E-state index contributed by atoms with van der Waals surface area (Å²) in [6, 6.07) is 8.01. The Morgan fingerprint density at radius 3 is 3.20 bits per heavy atom. The molecule has 0 bridgehead atoms. The molecule has 1 aromatic heterocycles. The van der Waals surface area contributed by atoms with Crippen molar-refractivity contribution in [3.8, 4) is 5.75 Å². The lowest BCUT2D eigenvalue weighted by Crippen LogP contribution is -2.42. The second-order valence-corrected chi connectivity index (χ2v) is 4.99. The maximum absolute atomic E-state index is 11.9. The summed E-state index contributed by atoms with van der Waals surface area (Å²) in [7, 11) is 0. The molecule has 104 valence electrons. The summed E-state index contributed by atoms with van der Waals surface area (Å²) in [5, 5.41) is 9.64. The number of aryl methyl sites for hydroxylation is 1. The molecular formula is C15H17N3O2. The summed E-state index contributed by atoms with van der Waals surface area (Å²) in [6.45, 7) is 0.536. The number of ether oxygens (including phenoxy) is 1. The van der Waals surface area contributed by atoms with Gasteiger partial charge in [0.05, 0.1) is 12.2 Å². The maximum atomic E-state index is 11.9. The number of fused-ring (bicyclic) bond motifs is 1. The van der Waals surface area contributed by atoms with Gasteiger partial charge in [-0.05, 0) is 30.0 Å². The SMILES string of the molecule is O=C(CCc1cn[nH]c1)N[C@H]1COc2ccccc2C1. The van der Waals surface area contributed by atoms with E-state index in [0.29, 0.717) is 19.4 Å². The maximum Gasteiger partial charge on any atom is 0.220 e. The van der Waals surface area contributed by atoms with E-state index in [9.17, 15) is 4.79 Å². The second-order valence-electron chi connectivity index (χ2n) is 4.99. The van der Waals surface area contributed by atoms with Crippen LogP contribution in [-0.2, 0) is 17.6 Å². The van der Waals surface area contributed by atoms with Crippen molar-refractivity contribution in [3.05, 3.63) is 47.8 Å². The quantitative estimate of drug-likeness (QED) is 0.884. The normalized spacial score (nSPS) is 17.1. The number of carbonyl (C=O) groups is 1. The number of aromatic amines is 1. The summed E-state index contributed by atoms with van der Waals surface area (Å²) in [5.41, 5.74) is 2.20. The predicted octanol–water partition coefficient (Wildman–Crippen LogP) is 1.46. The molecule has 5 heteroatoms. The van der Waals surface area contributed by atoms with Gasteiger partial charge in [-0.15, -0.1) is 0 Å². The number of benzene rings is 1. The molecule has 1 amide bonds. The molecule has 0 radical (unpaired) electrons. The molecular weight excluding hydrogens is 254 g/mol. The summed E-state index contributed by atoms with van der Waals surface area (Å²) in [6.07, 6.45) is 5.55. The van der Waals surface area contributed by atoms with Crippen molar-refractivity contribution >= 4 is 5.91 Å².